The van der Waals surface area contributed by atoms with Gasteiger partial charge in [-0.05, 0) is 25.9 Å². The SMILES string of the molecule is CC(C)C(C)(NCCN)[Si](C)(C)O[SiH3]. The summed E-state index contributed by atoms with van der Waals surface area (Å²) in [6.45, 7) is 12.9. The van der Waals surface area contributed by atoms with Crippen LogP contribution in [-0.4, -0.2) is 37.1 Å². The van der Waals surface area contributed by atoms with Crippen LogP contribution in [0.5, 0.6) is 0 Å². The molecule has 3 N–H and O–H groups in total. The molecule has 0 aromatic carbocycles. The molecule has 0 fully saturated rings. The van der Waals surface area contributed by atoms with Crippen molar-refractivity contribution in [3.63, 3.8) is 0 Å². The van der Waals surface area contributed by atoms with Crippen molar-refractivity contribution in [3.05, 3.63) is 0 Å². The summed E-state index contributed by atoms with van der Waals surface area (Å²) in [7, 11) is -0.813. The molecular formula is C9H26N2OSi2. The first-order chi connectivity index (χ1) is 6.31. The summed E-state index contributed by atoms with van der Waals surface area (Å²) in [6, 6.07) is 0. The molecule has 0 saturated carbocycles. The van der Waals surface area contributed by atoms with Gasteiger partial charge in [-0.1, -0.05) is 13.8 Å². The smallest absolute Gasteiger partial charge is 0.193 e. The third kappa shape index (κ3) is 2.90. The van der Waals surface area contributed by atoms with Crippen LogP contribution in [0, 0.1) is 5.92 Å². The van der Waals surface area contributed by atoms with E-state index in [2.05, 4.69) is 39.2 Å². The molecule has 0 rings (SSSR count). The number of hydrogen-bond acceptors (Lipinski definition) is 3. The average Bonchev–Trinajstić information content (AvgIpc) is 2.13. The predicted octanol–water partition coefficient (Wildman–Crippen LogP) is -0.00930. The van der Waals surface area contributed by atoms with Crippen LogP contribution in [0.15, 0.2) is 0 Å². The summed E-state index contributed by atoms with van der Waals surface area (Å²) < 4.78 is 5.84. The molecule has 3 nitrogen and oxygen atoms in total. The first-order valence-corrected chi connectivity index (χ1v) is 9.04. The highest BCUT2D eigenvalue weighted by atomic mass is 28.4. The summed E-state index contributed by atoms with van der Waals surface area (Å²) in [5.74, 6) is 0.574. The van der Waals surface area contributed by atoms with Crippen LogP contribution in [0.2, 0.25) is 13.1 Å². The lowest BCUT2D eigenvalue weighted by atomic mass is 10.1. The predicted molar refractivity (Wildman–Crippen MR) is 68.8 cm³/mol. The Morgan fingerprint density at radius 3 is 2.29 bits per heavy atom. The molecule has 0 aliphatic rings. The molecular weight excluding hydrogens is 208 g/mol. The topological polar surface area (TPSA) is 47.3 Å². The van der Waals surface area contributed by atoms with Gasteiger partial charge in [0, 0.05) is 18.3 Å². The van der Waals surface area contributed by atoms with E-state index < -0.39 is 8.32 Å². The zero-order valence-corrected chi connectivity index (χ0v) is 13.5. The normalized spacial score (nSPS) is 17.4. The number of nitrogens with two attached hydrogens (primary N) is 1. The Kier molecular flexibility index (Phi) is 5.53. The quantitative estimate of drug-likeness (QED) is 0.636. The van der Waals surface area contributed by atoms with Crippen molar-refractivity contribution < 1.29 is 4.12 Å². The number of hydrogen-bond donors (Lipinski definition) is 2. The third-order valence-electron chi connectivity index (χ3n) is 3.55. The minimum absolute atomic E-state index is 0.119. The second-order valence-corrected chi connectivity index (χ2v) is 10.5. The first kappa shape index (κ1) is 14.3. The minimum Gasteiger partial charge on any atom is -0.462 e. The fourth-order valence-electron chi connectivity index (χ4n) is 1.66. The van der Waals surface area contributed by atoms with Gasteiger partial charge in [-0.3, -0.25) is 0 Å². The monoisotopic (exact) mass is 234 g/mol. The van der Waals surface area contributed by atoms with Crippen LogP contribution in [-0.2, 0) is 4.12 Å². The van der Waals surface area contributed by atoms with E-state index in [1.165, 1.54) is 0 Å². The lowest BCUT2D eigenvalue weighted by Gasteiger charge is -2.45. The second kappa shape index (κ2) is 5.41. The van der Waals surface area contributed by atoms with Crippen molar-refractivity contribution in [2.75, 3.05) is 13.1 Å². The third-order valence-corrected chi connectivity index (χ3v) is 10.9. The molecule has 0 spiro atoms. The lowest BCUT2D eigenvalue weighted by molar-refractivity contribution is 0.326. The minimum atomic E-state index is -1.64. The molecule has 0 aromatic heterocycles. The van der Waals surface area contributed by atoms with Gasteiger partial charge in [0.05, 0.1) is 0 Å². The number of nitrogens with one attached hydrogen (secondary N) is 1. The van der Waals surface area contributed by atoms with Crippen molar-refractivity contribution in [1.82, 2.24) is 5.32 Å². The first-order valence-electron chi connectivity index (χ1n) is 5.32. The maximum Gasteiger partial charge on any atom is 0.193 e. The average molecular weight is 234 g/mol. The van der Waals surface area contributed by atoms with Gasteiger partial charge < -0.3 is 15.2 Å². The maximum atomic E-state index is 5.84. The summed E-state index contributed by atoms with van der Waals surface area (Å²) in [4.78, 5) is 0. The van der Waals surface area contributed by atoms with Gasteiger partial charge in [-0.25, -0.2) is 0 Å². The van der Waals surface area contributed by atoms with E-state index in [1.54, 1.807) is 0 Å². The van der Waals surface area contributed by atoms with Gasteiger partial charge >= 0.3 is 0 Å². The van der Waals surface area contributed by atoms with E-state index >= 15 is 0 Å². The summed E-state index contributed by atoms with van der Waals surface area (Å²) >= 11 is 0. The molecule has 0 amide bonds. The van der Waals surface area contributed by atoms with Crippen LogP contribution >= 0.6 is 0 Å². The van der Waals surface area contributed by atoms with Crippen LogP contribution in [0.4, 0.5) is 0 Å². The van der Waals surface area contributed by atoms with Crippen LogP contribution in [0.3, 0.4) is 0 Å². The van der Waals surface area contributed by atoms with Crippen molar-refractivity contribution >= 4 is 18.8 Å². The van der Waals surface area contributed by atoms with Gasteiger partial charge in [0.1, 0.15) is 10.5 Å². The van der Waals surface area contributed by atoms with Gasteiger partial charge in [0.2, 0.25) is 0 Å². The van der Waals surface area contributed by atoms with Crippen LogP contribution in [0.25, 0.3) is 0 Å². The van der Waals surface area contributed by atoms with Crippen molar-refractivity contribution in [3.8, 4) is 0 Å². The highest BCUT2D eigenvalue weighted by Gasteiger charge is 2.45. The van der Waals surface area contributed by atoms with Crippen molar-refractivity contribution in [2.24, 2.45) is 11.7 Å². The van der Waals surface area contributed by atoms with Crippen molar-refractivity contribution in [1.29, 1.82) is 0 Å². The molecule has 0 radical (unpaired) electrons. The Labute approximate surface area is 92.5 Å². The van der Waals surface area contributed by atoms with Gasteiger partial charge in [0.25, 0.3) is 0 Å². The van der Waals surface area contributed by atoms with Crippen molar-refractivity contribution in [2.45, 2.75) is 39.0 Å². The molecule has 86 valence electrons. The summed E-state index contributed by atoms with van der Waals surface area (Å²) in [5, 5.41) is 3.69. The Morgan fingerprint density at radius 1 is 1.50 bits per heavy atom. The molecule has 0 bridgehead atoms. The van der Waals surface area contributed by atoms with Crippen LogP contribution in [0.1, 0.15) is 20.8 Å². The number of rotatable bonds is 6. The Bertz CT molecular complexity index is 176. The zero-order valence-electron chi connectivity index (χ0n) is 10.5. The van der Waals surface area contributed by atoms with E-state index in [1.807, 2.05) is 0 Å². The van der Waals surface area contributed by atoms with E-state index in [9.17, 15) is 0 Å². The molecule has 0 aliphatic heterocycles. The maximum absolute atomic E-state index is 5.84. The Balaban J connectivity index is 4.70. The molecule has 0 aliphatic carbocycles. The molecule has 0 heterocycles. The molecule has 0 aromatic rings. The fraction of sp³-hybridized carbons (Fsp3) is 1.00. The van der Waals surface area contributed by atoms with Crippen LogP contribution < -0.4 is 11.1 Å². The Morgan fingerprint density at radius 2 is 2.00 bits per heavy atom. The zero-order chi connectivity index (χ0) is 11.4. The van der Waals surface area contributed by atoms with E-state index in [0.717, 1.165) is 17.0 Å². The summed E-state index contributed by atoms with van der Waals surface area (Å²) in [5.41, 5.74) is 5.54. The van der Waals surface area contributed by atoms with Gasteiger partial charge in [-0.2, -0.15) is 0 Å². The van der Waals surface area contributed by atoms with E-state index in [4.69, 9.17) is 9.85 Å². The molecule has 1 atom stereocenters. The van der Waals surface area contributed by atoms with Gasteiger partial charge in [-0.15, -0.1) is 0 Å². The molecule has 0 saturated heterocycles. The highest BCUT2D eigenvalue weighted by Crippen LogP contribution is 2.28. The van der Waals surface area contributed by atoms with E-state index in [-0.39, 0.29) is 5.16 Å². The molecule has 5 heteroatoms. The highest BCUT2D eigenvalue weighted by molar-refractivity contribution is 6.76. The standard InChI is InChI=1S/C9H26N2OSi2/c1-8(2)9(3,11-7-6-10)14(4,5)12-13/h8,11H,6-7,10H2,1-5,13H3. The van der Waals surface area contributed by atoms with Gasteiger partial charge in [0.15, 0.2) is 8.32 Å². The lowest BCUT2D eigenvalue weighted by Crippen LogP contribution is -2.66. The largest absolute Gasteiger partial charge is 0.462 e. The summed E-state index contributed by atoms with van der Waals surface area (Å²) in [6.07, 6.45) is 0. The molecule has 1 unspecified atom stereocenters. The second-order valence-electron chi connectivity index (χ2n) is 4.79. The molecule has 14 heavy (non-hydrogen) atoms. The Hall–Kier alpha value is 0.314. The fourth-order valence-corrected chi connectivity index (χ4v) is 5.29. The van der Waals surface area contributed by atoms with E-state index in [0.29, 0.717) is 12.5 Å².